The Balaban J connectivity index is 1.27. The van der Waals surface area contributed by atoms with E-state index in [1.54, 1.807) is 14.0 Å². The van der Waals surface area contributed by atoms with Gasteiger partial charge in [-0.2, -0.15) is 0 Å². The summed E-state index contributed by atoms with van der Waals surface area (Å²) in [5.74, 6) is -1.60. The fraction of sp³-hybridized carbons (Fsp3) is 0.848. The van der Waals surface area contributed by atoms with Crippen molar-refractivity contribution < 1.29 is 53.4 Å². The van der Waals surface area contributed by atoms with Crippen LogP contribution in [0.4, 0.5) is 0 Å². The van der Waals surface area contributed by atoms with E-state index in [0.29, 0.717) is 51.4 Å². The van der Waals surface area contributed by atoms with Crippen LogP contribution < -0.4 is 0 Å². The van der Waals surface area contributed by atoms with Gasteiger partial charge in [-0.3, -0.25) is 4.79 Å². The number of ether oxygens (including phenoxy) is 5. The van der Waals surface area contributed by atoms with Crippen molar-refractivity contribution in [3.8, 4) is 0 Å². The molecule has 44 heavy (non-hydrogen) atoms. The van der Waals surface area contributed by atoms with Crippen LogP contribution in [0.2, 0.25) is 0 Å². The molecule has 0 aromatic rings. The quantitative estimate of drug-likeness (QED) is 0.218. The molecule has 0 spiro atoms. The molecule has 6 rings (SSSR count). The number of carbonyl (C=O) groups is 3. The Hall–Kier alpha value is -1.89. The Morgan fingerprint density at radius 1 is 1.11 bits per heavy atom. The minimum absolute atomic E-state index is 0.116. The summed E-state index contributed by atoms with van der Waals surface area (Å²) in [5.41, 5.74) is -3.09. The third-order valence-electron chi connectivity index (χ3n) is 12.8. The van der Waals surface area contributed by atoms with Crippen LogP contribution in [0.25, 0.3) is 0 Å². The second kappa shape index (κ2) is 11.4. The van der Waals surface area contributed by atoms with E-state index >= 15 is 0 Å². The molecule has 11 heteroatoms. The lowest BCUT2D eigenvalue weighted by Gasteiger charge is -2.66. The molecule has 4 saturated carbocycles. The fourth-order valence-electron chi connectivity index (χ4n) is 10.8. The van der Waals surface area contributed by atoms with Crippen molar-refractivity contribution in [1.82, 2.24) is 0 Å². The van der Waals surface area contributed by atoms with Crippen molar-refractivity contribution in [2.45, 2.75) is 133 Å². The summed E-state index contributed by atoms with van der Waals surface area (Å²) in [6, 6.07) is 0. The van der Waals surface area contributed by atoms with E-state index in [2.05, 4.69) is 0 Å². The standard InChI is InChI=1S/C33H48O11/c1-18-29(37)24(40-4)14-27(42-18)44-21-5-9-31(11-12-34)22-6-8-30(3)28(20-13-26(36)41-17-20)25(43-19(2)35)16-33(30,39)23(22)7-10-32(31,38)15-21/h12-13,18,21-25,27-29,37-39H,5-11,14-17H2,1-4H3/t18-,21+,22+,23-,24-,25+,27+,28+,29+,30-,31+,32+,33+/m1/s1. The summed E-state index contributed by atoms with van der Waals surface area (Å²) in [6.07, 6.45) is 3.83. The molecule has 0 amide bonds. The van der Waals surface area contributed by atoms with Crippen LogP contribution >= 0.6 is 0 Å². The van der Waals surface area contributed by atoms with Gasteiger partial charge in [0, 0.05) is 62.5 Å². The first-order valence-corrected chi connectivity index (χ1v) is 16.3. The van der Waals surface area contributed by atoms with Gasteiger partial charge in [-0.1, -0.05) is 6.92 Å². The van der Waals surface area contributed by atoms with Crippen molar-refractivity contribution in [2.24, 2.45) is 28.6 Å². The summed E-state index contributed by atoms with van der Waals surface area (Å²) >= 11 is 0. The lowest BCUT2D eigenvalue weighted by atomic mass is 9.41. The average molecular weight is 621 g/mol. The minimum atomic E-state index is -1.24. The number of aldehydes is 1. The predicted molar refractivity (Wildman–Crippen MR) is 154 cm³/mol. The maximum absolute atomic E-state index is 12.8. The highest BCUT2D eigenvalue weighted by Crippen LogP contribution is 2.71. The molecule has 1 saturated heterocycles. The number of hydrogen-bond donors (Lipinski definition) is 3. The lowest BCUT2D eigenvalue weighted by molar-refractivity contribution is -0.294. The van der Waals surface area contributed by atoms with Gasteiger partial charge >= 0.3 is 11.9 Å². The first-order valence-electron chi connectivity index (χ1n) is 16.3. The molecule has 0 aromatic carbocycles. The van der Waals surface area contributed by atoms with E-state index in [1.165, 1.54) is 13.0 Å². The van der Waals surface area contributed by atoms with Gasteiger partial charge < -0.3 is 43.8 Å². The maximum Gasteiger partial charge on any atom is 0.331 e. The highest BCUT2D eigenvalue weighted by atomic mass is 16.7. The Morgan fingerprint density at radius 2 is 1.86 bits per heavy atom. The number of rotatable bonds is 7. The van der Waals surface area contributed by atoms with Crippen molar-refractivity contribution in [1.29, 1.82) is 0 Å². The van der Waals surface area contributed by atoms with Gasteiger partial charge in [-0.15, -0.1) is 0 Å². The van der Waals surface area contributed by atoms with Crippen molar-refractivity contribution in [2.75, 3.05) is 13.7 Å². The molecule has 0 aromatic heterocycles. The fourth-order valence-corrected chi connectivity index (χ4v) is 10.8. The summed E-state index contributed by atoms with van der Waals surface area (Å²) in [5, 5.41) is 35.6. The predicted octanol–water partition coefficient (Wildman–Crippen LogP) is 2.36. The van der Waals surface area contributed by atoms with Crippen LogP contribution in [-0.4, -0.2) is 95.3 Å². The third-order valence-corrected chi connectivity index (χ3v) is 12.8. The molecule has 246 valence electrons. The molecular weight excluding hydrogens is 572 g/mol. The Labute approximate surface area is 258 Å². The van der Waals surface area contributed by atoms with E-state index in [4.69, 9.17) is 23.7 Å². The molecule has 5 fully saturated rings. The Morgan fingerprint density at radius 3 is 2.52 bits per heavy atom. The van der Waals surface area contributed by atoms with Crippen LogP contribution in [0.1, 0.15) is 85.0 Å². The van der Waals surface area contributed by atoms with Gasteiger partial charge in [0.05, 0.1) is 29.5 Å². The highest BCUT2D eigenvalue weighted by molar-refractivity contribution is 5.85. The van der Waals surface area contributed by atoms with E-state index in [9.17, 15) is 29.7 Å². The van der Waals surface area contributed by atoms with Gasteiger partial charge in [0.2, 0.25) is 0 Å². The molecule has 0 unspecified atom stereocenters. The van der Waals surface area contributed by atoms with Crippen molar-refractivity contribution in [3.05, 3.63) is 11.6 Å². The lowest BCUT2D eigenvalue weighted by Crippen LogP contribution is -2.68. The molecule has 2 heterocycles. The second-order valence-electron chi connectivity index (χ2n) is 14.6. The topological polar surface area (TPSA) is 158 Å². The molecule has 13 atom stereocenters. The zero-order valence-electron chi connectivity index (χ0n) is 26.2. The number of carbonyl (C=O) groups excluding carboxylic acids is 3. The van der Waals surface area contributed by atoms with Crippen LogP contribution in [0.15, 0.2) is 11.6 Å². The van der Waals surface area contributed by atoms with Gasteiger partial charge in [0.15, 0.2) is 6.29 Å². The third kappa shape index (κ3) is 4.80. The smallest absolute Gasteiger partial charge is 0.331 e. The molecule has 3 N–H and O–H groups in total. The summed E-state index contributed by atoms with van der Waals surface area (Å²) in [6.45, 7) is 5.29. The molecule has 2 aliphatic heterocycles. The highest BCUT2D eigenvalue weighted by Gasteiger charge is 2.73. The summed E-state index contributed by atoms with van der Waals surface area (Å²) in [4.78, 5) is 36.6. The van der Waals surface area contributed by atoms with Crippen molar-refractivity contribution >= 4 is 18.2 Å². The maximum atomic E-state index is 12.8. The molecule has 11 nitrogen and oxygen atoms in total. The first-order chi connectivity index (χ1) is 20.8. The molecular formula is C33H48O11. The first kappa shape index (κ1) is 32.1. The van der Waals surface area contributed by atoms with Gasteiger partial charge in [0.25, 0.3) is 0 Å². The Bertz CT molecular complexity index is 1190. The van der Waals surface area contributed by atoms with Crippen LogP contribution in [0.3, 0.4) is 0 Å². The largest absolute Gasteiger partial charge is 0.462 e. The molecule has 0 radical (unpaired) electrons. The van der Waals surface area contributed by atoms with E-state index in [1.807, 2.05) is 6.92 Å². The number of fused-ring (bicyclic) bond motifs is 5. The van der Waals surface area contributed by atoms with Crippen LogP contribution in [-0.2, 0) is 38.1 Å². The van der Waals surface area contributed by atoms with E-state index in [0.717, 1.165) is 11.9 Å². The average Bonchev–Trinajstić information content (AvgIpc) is 3.47. The normalized spacial score (nSPS) is 50.1. The Kier molecular flexibility index (Phi) is 8.32. The number of methoxy groups -OCH3 is 1. The molecule has 6 aliphatic rings. The van der Waals surface area contributed by atoms with Gasteiger partial charge in [-0.25, -0.2) is 4.79 Å². The van der Waals surface area contributed by atoms with Gasteiger partial charge in [-0.05, 0) is 62.9 Å². The number of aliphatic hydroxyl groups excluding tert-OH is 1. The summed E-state index contributed by atoms with van der Waals surface area (Å²) in [7, 11) is 1.56. The summed E-state index contributed by atoms with van der Waals surface area (Å²) < 4.78 is 28.9. The van der Waals surface area contributed by atoms with Gasteiger partial charge in [0.1, 0.15) is 25.1 Å². The number of esters is 2. The second-order valence-corrected chi connectivity index (χ2v) is 14.6. The number of aliphatic hydroxyl groups is 3. The van der Waals surface area contributed by atoms with Crippen molar-refractivity contribution in [3.63, 3.8) is 0 Å². The SMILES string of the molecule is CO[C@@H]1C[C@H](O[C@H]2CC[C@]3(CC=O)[C@H]4CC[C@]5(C)[C@@H](C6=CC(=O)OC6)[C@@H](OC(C)=O)C[C@]5(O)[C@@H]4CC[C@]3(O)C2)O[C@H](C)[C@@H]1O. The van der Waals surface area contributed by atoms with Crippen LogP contribution in [0, 0.1) is 28.6 Å². The zero-order chi connectivity index (χ0) is 31.7. The number of hydrogen-bond acceptors (Lipinski definition) is 11. The van der Waals surface area contributed by atoms with E-state index in [-0.39, 0.29) is 43.3 Å². The molecule has 4 aliphatic carbocycles. The molecule has 0 bridgehead atoms. The monoisotopic (exact) mass is 620 g/mol. The zero-order valence-corrected chi connectivity index (χ0v) is 26.2. The minimum Gasteiger partial charge on any atom is -0.462 e. The van der Waals surface area contributed by atoms with E-state index < -0.39 is 64.7 Å². The number of cyclic esters (lactones) is 1. The van der Waals surface area contributed by atoms with Crippen LogP contribution in [0.5, 0.6) is 0 Å².